The van der Waals surface area contributed by atoms with Crippen LogP contribution in [0.15, 0.2) is 28.9 Å². The molecule has 0 radical (unpaired) electrons. The van der Waals surface area contributed by atoms with Gasteiger partial charge in [0.25, 0.3) is 0 Å². The van der Waals surface area contributed by atoms with Gasteiger partial charge in [-0.1, -0.05) is 22.8 Å². The summed E-state index contributed by atoms with van der Waals surface area (Å²) in [5.74, 6) is -1.42. The molecule has 2 aromatic rings. The average Bonchev–Trinajstić information content (AvgIpc) is 2.66. The van der Waals surface area contributed by atoms with Gasteiger partial charge in [-0.2, -0.15) is 0 Å². The summed E-state index contributed by atoms with van der Waals surface area (Å²) >= 11 is 5.86. The Labute approximate surface area is 94.9 Å². The molecule has 0 bridgehead atoms. The van der Waals surface area contributed by atoms with E-state index < -0.39 is 5.97 Å². The zero-order chi connectivity index (χ0) is 11.7. The molecule has 0 unspecified atom stereocenters. The molecule has 1 heterocycles. The summed E-state index contributed by atoms with van der Waals surface area (Å²) < 4.78 is 4.80. The molecule has 82 valence electrons. The van der Waals surface area contributed by atoms with Crippen molar-refractivity contribution in [2.24, 2.45) is 0 Å². The normalized spacial score (nSPS) is 10.3. The molecule has 2 rings (SSSR count). The molecule has 0 saturated carbocycles. The van der Waals surface area contributed by atoms with E-state index in [0.717, 1.165) is 6.20 Å². The van der Waals surface area contributed by atoms with Crippen molar-refractivity contribution in [3.05, 3.63) is 35.0 Å². The summed E-state index contributed by atoms with van der Waals surface area (Å²) in [6.45, 7) is 0. The maximum atomic E-state index is 10.9. The monoisotopic (exact) mass is 239 g/mol. The van der Waals surface area contributed by atoms with E-state index in [0.29, 0.717) is 0 Å². The van der Waals surface area contributed by atoms with E-state index in [1.807, 2.05) is 0 Å². The van der Waals surface area contributed by atoms with Crippen molar-refractivity contribution >= 4 is 17.6 Å². The molecule has 5 nitrogen and oxygen atoms in total. The summed E-state index contributed by atoms with van der Waals surface area (Å²) in [6, 6.07) is 4.44. The molecule has 0 spiro atoms. The predicted molar refractivity (Wildman–Crippen MR) is 55.6 cm³/mol. The molecule has 0 aliphatic heterocycles. The molecule has 2 N–H and O–H groups in total. The van der Waals surface area contributed by atoms with Crippen LogP contribution in [0.4, 0.5) is 0 Å². The second kappa shape index (κ2) is 3.86. The minimum Gasteiger partial charge on any atom is -0.507 e. The summed E-state index contributed by atoms with van der Waals surface area (Å²) in [5, 5.41) is 22.0. The second-order valence-electron chi connectivity index (χ2n) is 3.01. The first-order valence-electron chi connectivity index (χ1n) is 4.27. The third-order valence-electron chi connectivity index (χ3n) is 2.02. The van der Waals surface area contributed by atoms with Crippen LogP contribution in [0.2, 0.25) is 5.02 Å². The van der Waals surface area contributed by atoms with Gasteiger partial charge in [0.1, 0.15) is 11.3 Å². The van der Waals surface area contributed by atoms with Gasteiger partial charge < -0.3 is 14.7 Å². The third kappa shape index (κ3) is 1.61. The Morgan fingerprint density at radius 1 is 1.44 bits per heavy atom. The number of aromatic hydroxyl groups is 1. The lowest BCUT2D eigenvalue weighted by Crippen LogP contribution is -1.96. The number of phenolic OH excluding ortho intramolecular Hbond substituents is 1. The lowest BCUT2D eigenvalue weighted by molar-refractivity contribution is 0.0697. The van der Waals surface area contributed by atoms with Crippen molar-refractivity contribution in [2.75, 3.05) is 0 Å². The fourth-order valence-electron chi connectivity index (χ4n) is 1.31. The van der Waals surface area contributed by atoms with Crippen LogP contribution in [0, 0.1) is 0 Å². The topological polar surface area (TPSA) is 83.6 Å². The second-order valence-corrected chi connectivity index (χ2v) is 3.41. The highest BCUT2D eigenvalue weighted by molar-refractivity contribution is 6.33. The Balaban J connectivity index is 2.68. The number of hydrogen-bond donors (Lipinski definition) is 2. The lowest BCUT2D eigenvalue weighted by Gasteiger charge is -2.03. The zero-order valence-corrected chi connectivity index (χ0v) is 8.60. The van der Waals surface area contributed by atoms with Crippen molar-refractivity contribution in [2.45, 2.75) is 0 Å². The number of nitrogens with zero attached hydrogens (tertiary/aromatic N) is 1. The number of rotatable bonds is 2. The summed E-state index contributed by atoms with van der Waals surface area (Å²) in [4.78, 5) is 10.9. The van der Waals surface area contributed by atoms with Gasteiger partial charge in [0, 0.05) is 0 Å². The van der Waals surface area contributed by atoms with Crippen LogP contribution >= 0.6 is 11.6 Å². The molecule has 1 aromatic carbocycles. The van der Waals surface area contributed by atoms with Gasteiger partial charge in [0.2, 0.25) is 0 Å². The number of aromatic carboxylic acids is 1. The summed E-state index contributed by atoms with van der Waals surface area (Å²) in [5.41, 5.74) is -0.0255. The number of carboxylic acid groups (broad SMARTS) is 1. The Hall–Kier alpha value is -2.01. The lowest BCUT2D eigenvalue weighted by atomic mass is 10.1. The number of carboxylic acids is 1. The third-order valence-corrected chi connectivity index (χ3v) is 2.33. The maximum absolute atomic E-state index is 10.9. The van der Waals surface area contributed by atoms with Crippen molar-refractivity contribution < 1.29 is 19.5 Å². The van der Waals surface area contributed by atoms with E-state index in [4.69, 9.17) is 21.2 Å². The fourth-order valence-corrected chi connectivity index (χ4v) is 1.57. The first-order valence-corrected chi connectivity index (χ1v) is 4.65. The van der Waals surface area contributed by atoms with E-state index in [1.54, 1.807) is 0 Å². The van der Waals surface area contributed by atoms with E-state index in [-0.39, 0.29) is 27.7 Å². The fraction of sp³-hybridized carbons (Fsp3) is 0. The number of halogens is 1. The van der Waals surface area contributed by atoms with E-state index in [1.165, 1.54) is 18.2 Å². The van der Waals surface area contributed by atoms with Crippen molar-refractivity contribution in [3.8, 4) is 17.1 Å². The van der Waals surface area contributed by atoms with Crippen molar-refractivity contribution in [1.29, 1.82) is 0 Å². The molecule has 0 aliphatic rings. The zero-order valence-electron chi connectivity index (χ0n) is 7.85. The number of carbonyl (C=O) groups is 1. The van der Waals surface area contributed by atoms with Crippen molar-refractivity contribution in [1.82, 2.24) is 5.16 Å². The Morgan fingerprint density at radius 2 is 2.19 bits per heavy atom. The molecule has 0 fully saturated rings. The highest BCUT2D eigenvalue weighted by Gasteiger charge is 2.21. The van der Waals surface area contributed by atoms with Gasteiger partial charge in [-0.3, -0.25) is 0 Å². The van der Waals surface area contributed by atoms with Crippen molar-refractivity contribution in [3.63, 3.8) is 0 Å². The van der Waals surface area contributed by atoms with Crippen LogP contribution in [0.25, 0.3) is 11.3 Å². The van der Waals surface area contributed by atoms with Gasteiger partial charge >= 0.3 is 5.97 Å². The van der Waals surface area contributed by atoms with Crippen LogP contribution in [-0.4, -0.2) is 21.3 Å². The summed E-state index contributed by atoms with van der Waals surface area (Å²) in [6.07, 6.45) is 1.06. The molecule has 6 heteroatoms. The largest absolute Gasteiger partial charge is 0.507 e. The molecule has 0 atom stereocenters. The molecule has 16 heavy (non-hydrogen) atoms. The summed E-state index contributed by atoms with van der Waals surface area (Å²) in [7, 11) is 0. The first-order chi connectivity index (χ1) is 7.61. The molecular weight excluding hydrogens is 234 g/mol. The minimum atomic E-state index is -1.20. The van der Waals surface area contributed by atoms with Gasteiger partial charge in [-0.15, -0.1) is 0 Å². The van der Waals surface area contributed by atoms with Crippen LogP contribution in [0.5, 0.6) is 5.75 Å². The Kier molecular flexibility index (Phi) is 2.54. The van der Waals surface area contributed by atoms with E-state index in [2.05, 4.69) is 5.16 Å². The van der Waals surface area contributed by atoms with Crippen LogP contribution in [-0.2, 0) is 0 Å². The SMILES string of the molecule is O=C(O)c1cnoc1-c1c(O)cccc1Cl. The quantitative estimate of drug-likeness (QED) is 0.841. The molecule has 0 saturated heterocycles. The van der Waals surface area contributed by atoms with Gasteiger partial charge in [0.15, 0.2) is 5.76 Å². The van der Waals surface area contributed by atoms with Crippen LogP contribution < -0.4 is 0 Å². The number of aromatic nitrogens is 1. The molecule has 0 aliphatic carbocycles. The van der Waals surface area contributed by atoms with Gasteiger partial charge in [-0.05, 0) is 12.1 Å². The Morgan fingerprint density at radius 3 is 2.81 bits per heavy atom. The number of benzene rings is 1. The standard InChI is InChI=1S/C10H6ClNO4/c11-6-2-1-3-7(13)8(6)9-5(10(14)15)4-12-16-9/h1-4,13H,(H,14,15). The predicted octanol–water partition coefficient (Wildman–Crippen LogP) is 2.40. The average molecular weight is 240 g/mol. The minimum absolute atomic E-state index is 0.0596. The smallest absolute Gasteiger partial charge is 0.341 e. The molecule has 0 amide bonds. The highest BCUT2D eigenvalue weighted by atomic mass is 35.5. The van der Waals surface area contributed by atoms with E-state index >= 15 is 0 Å². The maximum Gasteiger partial charge on any atom is 0.341 e. The van der Waals surface area contributed by atoms with Gasteiger partial charge in [-0.25, -0.2) is 4.79 Å². The van der Waals surface area contributed by atoms with Crippen LogP contribution in [0.1, 0.15) is 10.4 Å². The molecular formula is C10H6ClNO4. The van der Waals surface area contributed by atoms with Gasteiger partial charge in [0.05, 0.1) is 16.8 Å². The number of phenols is 1. The molecule has 1 aromatic heterocycles. The highest BCUT2D eigenvalue weighted by Crippen LogP contribution is 2.37. The van der Waals surface area contributed by atoms with E-state index in [9.17, 15) is 9.90 Å². The first kappa shape index (κ1) is 10.5. The van der Waals surface area contributed by atoms with Crippen LogP contribution in [0.3, 0.4) is 0 Å². The Bertz CT molecular complexity index is 529. The number of hydrogen-bond acceptors (Lipinski definition) is 4.